The minimum atomic E-state index is -0.551. The van der Waals surface area contributed by atoms with Gasteiger partial charge in [-0.25, -0.2) is 4.79 Å². The smallest absolute Gasteiger partial charge is 0.331 e. The summed E-state index contributed by atoms with van der Waals surface area (Å²) in [7, 11) is 3.02. The fourth-order valence-electron chi connectivity index (χ4n) is 3.30. The van der Waals surface area contributed by atoms with Crippen LogP contribution in [0.25, 0.3) is 6.08 Å². The molecule has 2 aromatic rings. The third-order valence-corrected chi connectivity index (χ3v) is 4.89. The molecule has 0 N–H and O–H groups in total. The van der Waals surface area contributed by atoms with Gasteiger partial charge in [-0.3, -0.25) is 4.79 Å². The van der Waals surface area contributed by atoms with E-state index in [1.165, 1.54) is 38.8 Å². The average Bonchev–Trinajstić information content (AvgIpc) is 3.49. The van der Waals surface area contributed by atoms with Gasteiger partial charge in [-0.2, -0.15) is 0 Å². The van der Waals surface area contributed by atoms with Crippen LogP contribution in [-0.4, -0.2) is 37.1 Å². The van der Waals surface area contributed by atoms with Gasteiger partial charge in [0.2, 0.25) is 0 Å². The number of carbonyl (C=O) groups excluding carboxylic acids is 2. The van der Waals surface area contributed by atoms with E-state index in [4.69, 9.17) is 14.2 Å². The number of benzene rings is 1. The Labute approximate surface area is 164 Å². The Kier molecular flexibility index (Phi) is 5.87. The highest BCUT2D eigenvalue weighted by molar-refractivity contribution is 5.99. The molecule has 28 heavy (non-hydrogen) atoms. The number of aromatic nitrogens is 1. The van der Waals surface area contributed by atoms with Crippen molar-refractivity contribution < 1.29 is 23.8 Å². The van der Waals surface area contributed by atoms with E-state index in [-0.39, 0.29) is 12.4 Å². The summed E-state index contributed by atoms with van der Waals surface area (Å²) in [4.78, 5) is 24.3. The maximum absolute atomic E-state index is 12.3. The monoisotopic (exact) mass is 383 g/mol. The Morgan fingerprint density at radius 2 is 1.82 bits per heavy atom. The number of aryl methyl sites for hydroxylation is 1. The lowest BCUT2D eigenvalue weighted by atomic mass is 10.1. The largest absolute Gasteiger partial charge is 0.493 e. The highest BCUT2D eigenvalue weighted by Crippen LogP contribution is 2.38. The fourth-order valence-corrected chi connectivity index (χ4v) is 3.30. The van der Waals surface area contributed by atoms with Crippen LogP contribution in [-0.2, 0) is 9.53 Å². The third-order valence-electron chi connectivity index (χ3n) is 4.89. The third kappa shape index (κ3) is 4.27. The second kappa shape index (κ2) is 8.33. The van der Waals surface area contributed by atoms with Gasteiger partial charge in [-0.15, -0.1) is 0 Å². The van der Waals surface area contributed by atoms with Crippen LogP contribution >= 0.6 is 0 Å². The maximum Gasteiger partial charge on any atom is 0.331 e. The van der Waals surface area contributed by atoms with Gasteiger partial charge < -0.3 is 18.8 Å². The van der Waals surface area contributed by atoms with E-state index >= 15 is 0 Å². The molecule has 0 bridgehead atoms. The zero-order chi connectivity index (χ0) is 20.3. The molecular weight excluding hydrogens is 358 g/mol. The van der Waals surface area contributed by atoms with Crippen LogP contribution in [0.5, 0.6) is 11.5 Å². The summed E-state index contributed by atoms with van der Waals surface area (Å²) >= 11 is 0. The molecule has 0 radical (unpaired) electrons. The van der Waals surface area contributed by atoms with E-state index < -0.39 is 5.97 Å². The molecule has 148 valence electrons. The van der Waals surface area contributed by atoms with Crippen LogP contribution in [0.15, 0.2) is 30.3 Å². The molecule has 1 aliphatic rings. The van der Waals surface area contributed by atoms with E-state index in [1.807, 2.05) is 0 Å². The van der Waals surface area contributed by atoms with Crippen LogP contribution < -0.4 is 9.47 Å². The normalized spacial score (nSPS) is 13.6. The number of carbonyl (C=O) groups is 2. The Balaban J connectivity index is 1.59. The summed E-state index contributed by atoms with van der Waals surface area (Å²) in [5.74, 6) is 0.119. The number of rotatable bonds is 8. The van der Waals surface area contributed by atoms with Gasteiger partial charge in [0.1, 0.15) is 0 Å². The van der Waals surface area contributed by atoms with Crippen molar-refractivity contribution in [3.63, 3.8) is 0 Å². The summed E-state index contributed by atoms with van der Waals surface area (Å²) in [6.45, 7) is 3.79. The molecule has 0 unspecified atom stereocenters. The van der Waals surface area contributed by atoms with Gasteiger partial charge in [0.05, 0.1) is 14.2 Å². The molecule has 1 aromatic carbocycles. The van der Waals surface area contributed by atoms with Crippen molar-refractivity contribution in [1.82, 2.24) is 4.57 Å². The molecule has 0 amide bonds. The van der Waals surface area contributed by atoms with Crippen LogP contribution in [0.3, 0.4) is 0 Å². The lowest BCUT2D eigenvalue weighted by Gasteiger charge is -2.09. The van der Waals surface area contributed by atoms with E-state index in [1.54, 1.807) is 24.3 Å². The van der Waals surface area contributed by atoms with E-state index in [0.717, 1.165) is 11.3 Å². The van der Waals surface area contributed by atoms with Gasteiger partial charge in [0.25, 0.3) is 0 Å². The van der Waals surface area contributed by atoms with Gasteiger partial charge in [0, 0.05) is 29.1 Å². The van der Waals surface area contributed by atoms with Gasteiger partial charge in [-0.05, 0) is 62.6 Å². The Morgan fingerprint density at radius 1 is 1.11 bits per heavy atom. The number of hydrogen-bond acceptors (Lipinski definition) is 5. The highest BCUT2D eigenvalue weighted by Gasteiger charge is 2.26. The quantitative estimate of drug-likeness (QED) is 0.393. The number of ketones is 1. The van der Waals surface area contributed by atoms with Gasteiger partial charge >= 0.3 is 5.97 Å². The minimum absolute atomic E-state index is 0.311. The van der Waals surface area contributed by atoms with Gasteiger partial charge in [0.15, 0.2) is 23.9 Å². The van der Waals surface area contributed by atoms with Crippen LogP contribution in [0.2, 0.25) is 0 Å². The first-order valence-electron chi connectivity index (χ1n) is 9.23. The standard InChI is InChI=1S/C22H25NO5/c1-14-11-16(15(2)23(14)18-7-8-18)6-10-22(25)28-13-19(24)17-5-9-20(26-3)21(12-17)27-4/h5-6,9-12,18H,7-8,13H2,1-4H3/b10-6+. The lowest BCUT2D eigenvalue weighted by molar-refractivity contribution is -0.136. The predicted octanol–water partition coefficient (Wildman–Crippen LogP) is 3.90. The molecule has 1 aromatic heterocycles. The van der Waals surface area contributed by atoms with Crippen molar-refractivity contribution in [3.05, 3.63) is 52.9 Å². The molecule has 1 heterocycles. The van der Waals surface area contributed by atoms with Crippen molar-refractivity contribution in [1.29, 1.82) is 0 Å². The van der Waals surface area contributed by atoms with Crippen molar-refractivity contribution >= 4 is 17.8 Å². The lowest BCUT2D eigenvalue weighted by Crippen LogP contribution is -2.12. The molecule has 1 fully saturated rings. The first-order valence-corrected chi connectivity index (χ1v) is 9.23. The van der Waals surface area contributed by atoms with Gasteiger partial charge in [-0.1, -0.05) is 0 Å². The molecule has 6 nitrogen and oxygen atoms in total. The molecule has 0 saturated heterocycles. The molecule has 6 heteroatoms. The molecule has 1 saturated carbocycles. The van der Waals surface area contributed by atoms with Crippen molar-refractivity contribution in [2.75, 3.05) is 20.8 Å². The second-order valence-corrected chi connectivity index (χ2v) is 6.86. The van der Waals surface area contributed by atoms with E-state index in [0.29, 0.717) is 23.1 Å². The van der Waals surface area contributed by atoms with Crippen molar-refractivity contribution in [2.45, 2.75) is 32.7 Å². The molecule has 0 atom stereocenters. The fraction of sp³-hybridized carbons (Fsp3) is 0.364. The molecule has 3 rings (SSSR count). The number of Topliss-reactive ketones (excluding diaryl/α,β-unsaturated/α-hetero) is 1. The number of esters is 1. The molecular formula is C22H25NO5. The summed E-state index contributed by atoms with van der Waals surface area (Å²) in [5.41, 5.74) is 3.72. The molecule has 1 aliphatic carbocycles. The Hall–Kier alpha value is -3.02. The number of hydrogen-bond donors (Lipinski definition) is 0. The molecule has 0 aliphatic heterocycles. The number of methoxy groups -OCH3 is 2. The summed E-state index contributed by atoms with van der Waals surface area (Å²) in [6, 6.07) is 7.47. The maximum atomic E-state index is 12.3. The second-order valence-electron chi connectivity index (χ2n) is 6.86. The van der Waals surface area contributed by atoms with E-state index in [2.05, 4.69) is 24.5 Å². The highest BCUT2D eigenvalue weighted by atomic mass is 16.5. The number of ether oxygens (including phenoxy) is 3. The summed E-state index contributed by atoms with van der Waals surface area (Å²) in [5, 5.41) is 0. The first kappa shape index (κ1) is 19.7. The van der Waals surface area contributed by atoms with Crippen molar-refractivity contribution in [3.8, 4) is 11.5 Å². The summed E-state index contributed by atoms with van der Waals surface area (Å²) in [6.07, 6.45) is 5.52. The van der Waals surface area contributed by atoms with Crippen LogP contribution in [0.4, 0.5) is 0 Å². The number of nitrogens with zero attached hydrogens (tertiary/aromatic N) is 1. The van der Waals surface area contributed by atoms with Crippen LogP contribution in [0, 0.1) is 13.8 Å². The molecule has 0 spiro atoms. The zero-order valence-corrected chi connectivity index (χ0v) is 16.7. The first-order chi connectivity index (χ1) is 13.4. The Bertz CT molecular complexity index is 921. The average molecular weight is 383 g/mol. The Morgan fingerprint density at radius 3 is 2.46 bits per heavy atom. The predicted molar refractivity (Wildman–Crippen MR) is 106 cm³/mol. The SMILES string of the molecule is COc1ccc(C(=O)COC(=O)/C=C/c2cc(C)n(C3CC3)c2C)cc1OC. The minimum Gasteiger partial charge on any atom is -0.493 e. The van der Waals surface area contributed by atoms with Crippen molar-refractivity contribution in [2.24, 2.45) is 0 Å². The zero-order valence-electron chi connectivity index (χ0n) is 16.7. The van der Waals surface area contributed by atoms with Crippen LogP contribution in [0.1, 0.15) is 46.2 Å². The van der Waals surface area contributed by atoms with E-state index in [9.17, 15) is 9.59 Å². The topological polar surface area (TPSA) is 66.8 Å². The summed E-state index contributed by atoms with van der Waals surface area (Å²) < 4.78 is 17.7.